The van der Waals surface area contributed by atoms with Crippen LogP contribution in [0.2, 0.25) is 0 Å². The minimum atomic E-state index is -0.223. The molecule has 154 valence electrons. The lowest BCUT2D eigenvalue weighted by molar-refractivity contribution is 0.0611. The van der Waals surface area contributed by atoms with Gasteiger partial charge < -0.3 is 0 Å². The number of amides is 2. The molecule has 0 saturated heterocycles. The molecule has 0 bridgehead atoms. The SMILES string of the molecule is Cc1ccc(-c2nc(SCCCN3C(=O)c4cccc5cccc(c45)C3=O)n[nH]2)cc1. The van der Waals surface area contributed by atoms with Gasteiger partial charge in [0, 0.05) is 34.4 Å². The summed E-state index contributed by atoms with van der Waals surface area (Å²) in [5.74, 6) is 0.986. The van der Waals surface area contributed by atoms with E-state index in [1.165, 1.54) is 22.2 Å². The van der Waals surface area contributed by atoms with E-state index in [1.807, 2.05) is 55.5 Å². The second-order valence-corrected chi connectivity index (χ2v) is 8.57. The molecule has 7 heteroatoms. The molecule has 0 radical (unpaired) electrons. The van der Waals surface area contributed by atoms with E-state index in [2.05, 4.69) is 15.2 Å². The third-order valence-corrected chi connectivity index (χ3v) is 6.34. The minimum absolute atomic E-state index is 0.223. The number of thioether (sulfide) groups is 1. The Bertz CT molecular complexity index is 1250. The Morgan fingerprint density at radius 2 is 1.61 bits per heavy atom. The third-order valence-electron chi connectivity index (χ3n) is 5.40. The lowest BCUT2D eigenvalue weighted by Crippen LogP contribution is -2.41. The molecule has 3 aromatic carbocycles. The maximum absolute atomic E-state index is 12.9. The molecule has 1 N–H and O–H groups in total. The van der Waals surface area contributed by atoms with E-state index in [0.29, 0.717) is 35.0 Å². The van der Waals surface area contributed by atoms with Gasteiger partial charge in [0.15, 0.2) is 5.82 Å². The first-order chi connectivity index (χ1) is 15.1. The Hall–Kier alpha value is -3.45. The highest BCUT2D eigenvalue weighted by molar-refractivity contribution is 7.99. The van der Waals surface area contributed by atoms with Crippen molar-refractivity contribution >= 4 is 34.3 Å². The Kier molecular flexibility index (Phi) is 5.03. The molecule has 1 aliphatic rings. The molecular formula is C24H20N4O2S. The van der Waals surface area contributed by atoms with E-state index >= 15 is 0 Å². The molecular weight excluding hydrogens is 408 g/mol. The van der Waals surface area contributed by atoms with Crippen molar-refractivity contribution in [3.8, 4) is 11.4 Å². The summed E-state index contributed by atoms with van der Waals surface area (Å²) in [5.41, 5.74) is 3.37. The molecule has 1 aromatic heterocycles. The van der Waals surface area contributed by atoms with Crippen LogP contribution in [0.4, 0.5) is 0 Å². The fourth-order valence-corrected chi connectivity index (χ4v) is 4.54. The zero-order valence-electron chi connectivity index (χ0n) is 17.0. The first-order valence-electron chi connectivity index (χ1n) is 10.1. The average Bonchev–Trinajstić information content (AvgIpc) is 3.26. The van der Waals surface area contributed by atoms with Crippen LogP contribution in [0.5, 0.6) is 0 Å². The first-order valence-corrected chi connectivity index (χ1v) is 11.1. The van der Waals surface area contributed by atoms with E-state index in [4.69, 9.17) is 0 Å². The number of hydrogen-bond donors (Lipinski definition) is 1. The number of H-pyrrole nitrogens is 1. The van der Waals surface area contributed by atoms with Crippen molar-refractivity contribution in [1.29, 1.82) is 0 Å². The van der Waals surface area contributed by atoms with Gasteiger partial charge in [0.25, 0.3) is 11.8 Å². The maximum Gasteiger partial charge on any atom is 0.261 e. The van der Waals surface area contributed by atoms with Crippen molar-refractivity contribution in [2.24, 2.45) is 0 Å². The average molecular weight is 429 g/mol. The van der Waals surface area contributed by atoms with Gasteiger partial charge in [-0.25, -0.2) is 4.98 Å². The van der Waals surface area contributed by atoms with Crippen LogP contribution in [0.15, 0.2) is 65.8 Å². The van der Waals surface area contributed by atoms with E-state index in [-0.39, 0.29) is 11.8 Å². The Labute approximate surface area is 183 Å². The summed E-state index contributed by atoms with van der Waals surface area (Å²) >= 11 is 1.51. The second kappa shape index (κ2) is 8.00. The largest absolute Gasteiger partial charge is 0.274 e. The summed E-state index contributed by atoms with van der Waals surface area (Å²) in [6.45, 7) is 2.41. The van der Waals surface area contributed by atoms with E-state index < -0.39 is 0 Å². The number of aromatic nitrogens is 3. The normalized spacial score (nSPS) is 13.3. The third kappa shape index (κ3) is 3.61. The minimum Gasteiger partial charge on any atom is -0.274 e. The van der Waals surface area contributed by atoms with Gasteiger partial charge in [0.2, 0.25) is 5.16 Å². The second-order valence-electron chi connectivity index (χ2n) is 7.51. The van der Waals surface area contributed by atoms with Crippen molar-refractivity contribution < 1.29 is 9.59 Å². The van der Waals surface area contributed by atoms with Crippen LogP contribution < -0.4 is 0 Å². The first kappa shape index (κ1) is 19.5. The summed E-state index contributed by atoms with van der Waals surface area (Å²) < 4.78 is 0. The molecule has 0 saturated carbocycles. The number of rotatable bonds is 6. The van der Waals surface area contributed by atoms with Crippen molar-refractivity contribution in [3.05, 3.63) is 77.4 Å². The van der Waals surface area contributed by atoms with Gasteiger partial charge >= 0.3 is 0 Å². The Morgan fingerprint density at radius 3 is 2.29 bits per heavy atom. The molecule has 0 fully saturated rings. The summed E-state index contributed by atoms with van der Waals surface area (Å²) in [5, 5.41) is 9.56. The van der Waals surface area contributed by atoms with Gasteiger partial charge in [0.05, 0.1) is 0 Å². The summed E-state index contributed by atoms with van der Waals surface area (Å²) in [6.07, 6.45) is 0.661. The zero-order valence-corrected chi connectivity index (χ0v) is 17.8. The highest BCUT2D eigenvalue weighted by Gasteiger charge is 2.32. The molecule has 2 heterocycles. The molecule has 0 aliphatic carbocycles. The number of benzene rings is 3. The van der Waals surface area contributed by atoms with Crippen LogP contribution in [-0.2, 0) is 0 Å². The molecule has 0 unspecified atom stereocenters. The van der Waals surface area contributed by atoms with Gasteiger partial charge in [0.1, 0.15) is 0 Å². The van der Waals surface area contributed by atoms with Crippen LogP contribution in [0, 0.1) is 6.92 Å². The zero-order chi connectivity index (χ0) is 21.4. The van der Waals surface area contributed by atoms with E-state index in [1.54, 1.807) is 12.1 Å². The van der Waals surface area contributed by atoms with Gasteiger partial charge in [-0.15, -0.1) is 5.10 Å². The fraction of sp³-hybridized carbons (Fsp3) is 0.167. The van der Waals surface area contributed by atoms with Crippen molar-refractivity contribution in [3.63, 3.8) is 0 Å². The Morgan fingerprint density at radius 1 is 0.935 bits per heavy atom. The summed E-state index contributed by atoms with van der Waals surface area (Å²) in [4.78, 5) is 31.7. The predicted molar refractivity (Wildman–Crippen MR) is 121 cm³/mol. The van der Waals surface area contributed by atoms with Crippen LogP contribution >= 0.6 is 11.8 Å². The van der Waals surface area contributed by atoms with Gasteiger partial charge in [-0.1, -0.05) is 65.9 Å². The summed E-state index contributed by atoms with van der Waals surface area (Å²) in [6, 6.07) is 19.3. The van der Waals surface area contributed by atoms with E-state index in [9.17, 15) is 9.59 Å². The number of nitrogens with one attached hydrogen (secondary N) is 1. The molecule has 0 atom stereocenters. The predicted octanol–water partition coefficient (Wildman–Crippen LogP) is 4.71. The lowest BCUT2D eigenvalue weighted by Gasteiger charge is -2.27. The van der Waals surface area contributed by atoms with Crippen molar-refractivity contribution in [2.75, 3.05) is 12.3 Å². The maximum atomic E-state index is 12.9. The number of hydrogen-bond acceptors (Lipinski definition) is 5. The number of nitrogens with zero attached hydrogens (tertiary/aromatic N) is 3. The molecule has 1 aliphatic heterocycles. The van der Waals surface area contributed by atoms with E-state index in [0.717, 1.165) is 22.2 Å². The quantitative estimate of drug-likeness (QED) is 0.273. The standard InChI is InChI=1S/C24H20N4O2S/c1-15-9-11-17(12-10-15)21-25-24(27-26-21)31-14-4-13-28-22(29)18-7-2-5-16-6-3-8-19(20(16)18)23(28)30/h2-3,5-12H,4,13-14H2,1H3,(H,25,26,27). The Balaban J connectivity index is 1.23. The highest BCUT2D eigenvalue weighted by atomic mass is 32.2. The number of imide groups is 1. The van der Waals surface area contributed by atoms with Crippen molar-refractivity contribution in [1.82, 2.24) is 20.1 Å². The van der Waals surface area contributed by atoms with Gasteiger partial charge in [-0.2, -0.15) is 0 Å². The van der Waals surface area contributed by atoms with Crippen LogP contribution in [0.1, 0.15) is 32.7 Å². The number of carbonyl (C=O) groups is 2. The topological polar surface area (TPSA) is 79.0 Å². The lowest BCUT2D eigenvalue weighted by atomic mass is 9.94. The van der Waals surface area contributed by atoms with Crippen LogP contribution in [0.3, 0.4) is 0 Å². The smallest absolute Gasteiger partial charge is 0.261 e. The fourth-order valence-electron chi connectivity index (χ4n) is 3.82. The number of aromatic amines is 1. The molecule has 31 heavy (non-hydrogen) atoms. The molecule has 6 nitrogen and oxygen atoms in total. The molecule has 4 aromatic rings. The van der Waals surface area contributed by atoms with Crippen LogP contribution in [0.25, 0.3) is 22.2 Å². The van der Waals surface area contributed by atoms with Gasteiger partial charge in [-0.3, -0.25) is 19.6 Å². The monoisotopic (exact) mass is 428 g/mol. The molecule has 2 amide bonds. The molecule has 0 spiro atoms. The highest BCUT2D eigenvalue weighted by Crippen LogP contribution is 2.30. The van der Waals surface area contributed by atoms with Crippen molar-refractivity contribution in [2.45, 2.75) is 18.5 Å². The van der Waals surface area contributed by atoms with Crippen LogP contribution in [-0.4, -0.2) is 44.2 Å². The number of carbonyl (C=O) groups excluding carboxylic acids is 2. The number of aryl methyl sites for hydroxylation is 1. The van der Waals surface area contributed by atoms with Gasteiger partial charge in [-0.05, 0) is 30.9 Å². The summed E-state index contributed by atoms with van der Waals surface area (Å²) in [7, 11) is 0. The molecule has 5 rings (SSSR count).